The molecule has 0 saturated heterocycles. The first-order valence-electron chi connectivity index (χ1n) is 7.37. The lowest BCUT2D eigenvalue weighted by Gasteiger charge is -2.26. The first kappa shape index (κ1) is 16.7. The van der Waals surface area contributed by atoms with Gasteiger partial charge in [-0.3, -0.25) is 4.79 Å². The molecule has 1 aromatic heterocycles. The number of hydrogen-bond donors (Lipinski definition) is 2. The number of aromatic amines is 1. The molecule has 1 heterocycles. The first-order valence-corrected chi connectivity index (χ1v) is 8.25. The molecule has 0 aliphatic rings. The molecule has 6 heteroatoms. The quantitative estimate of drug-likeness (QED) is 0.801. The summed E-state index contributed by atoms with van der Waals surface area (Å²) in [6.45, 7) is 8.00. The Bertz CT molecular complexity index is 666. The third-order valence-electron chi connectivity index (χ3n) is 3.67. The molecule has 0 fully saturated rings. The van der Waals surface area contributed by atoms with Crippen molar-refractivity contribution in [2.24, 2.45) is 0 Å². The second-order valence-electron chi connectivity index (χ2n) is 5.91. The maximum atomic E-state index is 12.2. The van der Waals surface area contributed by atoms with E-state index in [1.165, 1.54) is 11.8 Å². The van der Waals surface area contributed by atoms with E-state index in [0.29, 0.717) is 0 Å². The van der Waals surface area contributed by atoms with Gasteiger partial charge in [0.2, 0.25) is 5.91 Å². The molecule has 2 aromatic rings. The molecular formula is C16H23N3O2S. The summed E-state index contributed by atoms with van der Waals surface area (Å²) in [6.07, 6.45) is 0.889. The number of benzene rings is 1. The van der Waals surface area contributed by atoms with Gasteiger partial charge < -0.3 is 15.0 Å². The van der Waals surface area contributed by atoms with Crippen molar-refractivity contribution in [3.05, 3.63) is 18.2 Å². The van der Waals surface area contributed by atoms with E-state index in [1.807, 2.05) is 39.0 Å². The molecule has 0 aliphatic heterocycles. The SMILES string of the molecule is CCC(C)(C)NC(=O)C(C)Sc1nc2ccc(OC)cc2[nH]1. The number of nitrogens with one attached hydrogen (secondary N) is 2. The van der Waals surface area contributed by atoms with Crippen molar-refractivity contribution in [1.29, 1.82) is 0 Å². The number of H-pyrrole nitrogens is 1. The molecule has 0 aliphatic carbocycles. The zero-order chi connectivity index (χ0) is 16.3. The van der Waals surface area contributed by atoms with E-state index in [4.69, 9.17) is 4.74 Å². The van der Waals surface area contributed by atoms with Crippen LogP contribution in [-0.4, -0.2) is 33.8 Å². The van der Waals surface area contributed by atoms with E-state index in [2.05, 4.69) is 22.2 Å². The molecule has 1 aromatic carbocycles. The summed E-state index contributed by atoms with van der Waals surface area (Å²) in [6, 6.07) is 5.68. The van der Waals surface area contributed by atoms with E-state index in [0.717, 1.165) is 28.4 Å². The van der Waals surface area contributed by atoms with Gasteiger partial charge in [0, 0.05) is 11.6 Å². The smallest absolute Gasteiger partial charge is 0.233 e. The van der Waals surface area contributed by atoms with E-state index < -0.39 is 0 Å². The lowest BCUT2D eigenvalue weighted by molar-refractivity contribution is -0.121. The normalized spacial score (nSPS) is 13.1. The van der Waals surface area contributed by atoms with Crippen LogP contribution in [0.4, 0.5) is 0 Å². The number of nitrogens with zero attached hydrogens (tertiary/aromatic N) is 1. The third-order valence-corrected chi connectivity index (χ3v) is 4.65. The van der Waals surface area contributed by atoms with Gasteiger partial charge >= 0.3 is 0 Å². The van der Waals surface area contributed by atoms with Gasteiger partial charge in [-0.05, 0) is 39.3 Å². The van der Waals surface area contributed by atoms with E-state index >= 15 is 0 Å². The van der Waals surface area contributed by atoms with Gasteiger partial charge in [0.25, 0.3) is 0 Å². The second kappa shape index (κ2) is 6.60. The molecule has 120 valence electrons. The van der Waals surface area contributed by atoms with Crippen molar-refractivity contribution < 1.29 is 9.53 Å². The number of hydrogen-bond acceptors (Lipinski definition) is 4. The van der Waals surface area contributed by atoms with Crippen LogP contribution in [0.2, 0.25) is 0 Å². The molecule has 0 bridgehead atoms. The molecule has 1 atom stereocenters. The van der Waals surface area contributed by atoms with Gasteiger partial charge in [0.15, 0.2) is 5.16 Å². The number of thioether (sulfide) groups is 1. The fourth-order valence-corrected chi connectivity index (χ4v) is 2.71. The lowest BCUT2D eigenvalue weighted by atomic mass is 10.0. The molecular weight excluding hydrogens is 298 g/mol. The zero-order valence-corrected chi connectivity index (χ0v) is 14.5. The fourth-order valence-electron chi connectivity index (χ4n) is 1.89. The number of methoxy groups -OCH3 is 1. The Morgan fingerprint density at radius 1 is 1.50 bits per heavy atom. The number of aromatic nitrogens is 2. The number of ether oxygens (including phenoxy) is 1. The molecule has 0 spiro atoms. The van der Waals surface area contributed by atoms with Crippen molar-refractivity contribution in [2.75, 3.05) is 7.11 Å². The number of imidazole rings is 1. The summed E-state index contributed by atoms with van der Waals surface area (Å²) < 4.78 is 5.20. The van der Waals surface area contributed by atoms with Crippen LogP contribution >= 0.6 is 11.8 Å². The van der Waals surface area contributed by atoms with Crippen molar-refractivity contribution in [3.8, 4) is 5.75 Å². The average Bonchev–Trinajstić information content (AvgIpc) is 2.87. The Morgan fingerprint density at radius 2 is 2.23 bits per heavy atom. The van der Waals surface area contributed by atoms with Crippen LogP contribution in [0.15, 0.2) is 23.4 Å². The average molecular weight is 321 g/mol. The molecule has 22 heavy (non-hydrogen) atoms. The van der Waals surface area contributed by atoms with Gasteiger partial charge in [-0.15, -0.1) is 0 Å². The summed E-state index contributed by atoms with van der Waals surface area (Å²) in [5.74, 6) is 0.804. The van der Waals surface area contributed by atoms with Crippen molar-refractivity contribution in [1.82, 2.24) is 15.3 Å². The summed E-state index contributed by atoms with van der Waals surface area (Å²) in [7, 11) is 1.63. The Balaban J connectivity index is 2.08. The summed E-state index contributed by atoms with van der Waals surface area (Å²) in [5.41, 5.74) is 1.58. The number of rotatable bonds is 6. The van der Waals surface area contributed by atoms with Crippen LogP contribution in [0.3, 0.4) is 0 Å². The van der Waals surface area contributed by atoms with Gasteiger partial charge in [-0.1, -0.05) is 18.7 Å². The molecule has 1 amide bonds. The van der Waals surface area contributed by atoms with Crippen LogP contribution in [0.25, 0.3) is 11.0 Å². The largest absolute Gasteiger partial charge is 0.497 e. The van der Waals surface area contributed by atoms with Gasteiger partial charge in [0.1, 0.15) is 5.75 Å². The highest BCUT2D eigenvalue weighted by atomic mass is 32.2. The van der Waals surface area contributed by atoms with Gasteiger partial charge in [-0.2, -0.15) is 0 Å². The highest BCUT2D eigenvalue weighted by molar-refractivity contribution is 8.00. The topological polar surface area (TPSA) is 67.0 Å². The maximum Gasteiger partial charge on any atom is 0.233 e. The van der Waals surface area contributed by atoms with Crippen LogP contribution in [0.5, 0.6) is 5.75 Å². The standard InChI is InChI=1S/C16H23N3O2S/c1-6-16(3,4)19-14(20)10(2)22-15-17-12-8-7-11(21-5)9-13(12)18-15/h7-10H,6H2,1-5H3,(H,17,18)(H,19,20). The fraction of sp³-hybridized carbons (Fsp3) is 0.500. The Morgan fingerprint density at radius 3 is 2.86 bits per heavy atom. The molecule has 1 unspecified atom stereocenters. The lowest BCUT2D eigenvalue weighted by Crippen LogP contribution is -2.46. The van der Waals surface area contributed by atoms with Crippen molar-refractivity contribution in [3.63, 3.8) is 0 Å². The predicted molar refractivity (Wildman–Crippen MR) is 90.5 cm³/mol. The van der Waals surface area contributed by atoms with Gasteiger partial charge in [-0.25, -0.2) is 4.98 Å². The Kier molecular flexibility index (Phi) is 5.01. The Hall–Kier alpha value is -1.69. The summed E-state index contributed by atoms with van der Waals surface area (Å²) in [4.78, 5) is 20.0. The molecule has 2 N–H and O–H groups in total. The minimum atomic E-state index is -0.215. The number of carbonyl (C=O) groups is 1. The first-order chi connectivity index (χ1) is 10.3. The van der Waals surface area contributed by atoms with E-state index in [9.17, 15) is 4.79 Å². The van der Waals surface area contributed by atoms with Crippen LogP contribution < -0.4 is 10.1 Å². The van der Waals surface area contributed by atoms with Crippen molar-refractivity contribution in [2.45, 2.75) is 50.1 Å². The highest BCUT2D eigenvalue weighted by Gasteiger charge is 2.23. The molecule has 5 nitrogen and oxygen atoms in total. The highest BCUT2D eigenvalue weighted by Crippen LogP contribution is 2.26. The molecule has 0 saturated carbocycles. The van der Waals surface area contributed by atoms with Crippen molar-refractivity contribution >= 4 is 28.7 Å². The monoisotopic (exact) mass is 321 g/mol. The number of fused-ring (bicyclic) bond motifs is 1. The van der Waals surface area contributed by atoms with Gasteiger partial charge in [0.05, 0.1) is 23.4 Å². The number of amides is 1. The predicted octanol–water partition coefficient (Wildman–Crippen LogP) is 3.36. The second-order valence-corrected chi connectivity index (χ2v) is 7.24. The third kappa shape index (κ3) is 3.94. The minimum absolute atomic E-state index is 0.0230. The summed E-state index contributed by atoms with van der Waals surface area (Å²) in [5, 5.41) is 3.58. The zero-order valence-electron chi connectivity index (χ0n) is 13.7. The van der Waals surface area contributed by atoms with E-state index in [-0.39, 0.29) is 16.7 Å². The van der Waals surface area contributed by atoms with Crippen LogP contribution in [0, 0.1) is 0 Å². The van der Waals surface area contributed by atoms with Crippen LogP contribution in [0.1, 0.15) is 34.1 Å². The maximum absolute atomic E-state index is 12.2. The molecule has 0 radical (unpaired) electrons. The Labute approximate surface area is 135 Å². The minimum Gasteiger partial charge on any atom is -0.497 e. The summed E-state index contributed by atoms with van der Waals surface area (Å²) >= 11 is 1.42. The molecule has 2 rings (SSSR count). The van der Waals surface area contributed by atoms with E-state index in [1.54, 1.807) is 7.11 Å². The van der Waals surface area contributed by atoms with Crippen LogP contribution in [-0.2, 0) is 4.79 Å². The number of carbonyl (C=O) groups excluding carboxylic acids is 1.